The van der Waals surface area contributed by atoms with Crippen molar-refractivity contribution < 1.29 is 18.0 Å². The average molecular weight is 460 g/mol. The highest BCUT2D eigenvalue weighted by atomic mass is 32.2. The first-order valence-electron chi connectivity index (χ1n) is 10.7. The van der Waals surface area contributed by atoms with Gasteiger partial charge in [-0.25, -0.2) is 8.42 Å². The molecule has 0 N–H and O–H groups in total. The summed E-state index contributed by atoms with van der Waals surface area (Å²) >= 11 is 1.20. The minimum absolute atomic E-state index is 0.0183. The molecule has 2 amide bonds. The van der Waals surface area contributed by atoms with Gasteiger partial charge in [-0.15, -0.1) is 11.3 Å². The summed E-state index contributed by atoms with van der Waals surface area (Å²) in [5.74, 6) is -0.443. The van der Waals surface area contributed by atoms with E-state index in [4.69, 9.17) is 0 Å². The fraction of sp³-hybridized carbons (Fsp3) is 0.455. The van der Waals surface area contributed by atoms with Crippen molar-refractivity contribution in [1.82, 2.24) is 9.21 Å². The van der Waals surface area contributed by atoms with E-state index in [1.165, 1.54) is 26.8 Å². The number of sulfonamides is 1. The molecular formula is C22H25N3O4S2. The summed E-state index contributed by atoms with van der Waals surface area (Å²) in [6.07, 6.45) is 3.51. The fourth-order valence-corrected chi connectivity index (χ4v) is 7.36. The van der Waals surface area contributed by atoms with Crippen molar-refractivity contribution in [1.29, 1.82) is 0 Å². The first kappa shape index (κ1) is 20.7. The molecule has 3 aliphatic rings. The standard InChI is InChI=1S/C22H25N3O4S2/c26-20-14-18(15-25(20)19-7-6-16-3-1-4-17(16)13-19)22(27)23-8-10-24(11-9-23)31(28,29)21-5-2-12-30-21/h2,5-7,12-13,18H,1,3-4,8-11,14-15H2. The number of nitrogens with zero attached hydrogens (tertiary/aromatic N) is 3. The Balaban J connectivity index is 1.22. The van der Waals surface area contributed by atoms with Gasteiger partial charge in [0, 0.05) is 44.8 Å². The molecular weight excluding hydrogens is 434 g/mol. The molecule has 1 aliphatic carbocycles. The number of hydrogen-bond donors (Lipinski definition) is 0. The van der Waals surface area contributed by atoms with Crippen molar-refractivity contribution >= 4 is 38.9 Å². The highest BCUT2D eigenvalue weighted by molar-refractivity contribution is 7.91. The maximum Gasteiger partial charge on any atom is 0.252 e. The topological polar surface area (TPSA) is 78.0 Å². The normalized spacial score (nSPS) is 22.2. The molecule has 164 valence electrons. The summed E-state index contributed by atoms with van der Waals surface area (Å²) in [5.41, 5.74) is 3.55. The molecule has 0 saturated carbocycles. The van der Waals surface area contributed by atoms with Gasteiger partial charge in [-0.1, -0.05) is 12.1 Å². The van der Waals surface area contributed by atoms with E-state index in [9.17, 15) is 18.0 Å². The molecule has 9 heteroatoms. The number of aryl methyl sites for hydroxylation is 2. The Morgan fingerprint density at radius 3 is 2.55 bits per heavy atom. The van der Waals surface area contributed by atoms with Crippen molar-refractivity contribution in [3.8, 4) is 0 Å². The van der Waals surface area contributed by atoms with E-state index >= 15 is 0 Å². The van der Waals surface area contributed by atoms with Gasteiger partial charge >= 0.3 is 0 Å². The molecule has 2 aliphatic heterocycles. The van der Waals surface area contributed by atoms with Crippen molar-refractivity contribution in [2.24, 2.45) is 5.92 Å². The number of carbonyl (C=O) groups is 2. The fourth-order valence-electron chi connectivity index (χ4n) is 4.79. The first-order valence-corrected chi connectivity index (χ1v) is 13.0. The molecule has 0 bridgehead atoms. The van der Waals surface area contributed by atoms with Crippen LogP contribution in [-0.4, -0.2) is 62.2 Å². The second-order valence-corrected chi connectivity index (χ2v) is 11.5. The molecule has 7 nitrogen and oxygen atoms in total. The second kappa shape index (κ2) is 8.03. The van der Waals surface area contributed by atoms with Crippen LogP contribution in [0.25, 0.3) is 0 Å². The van der Waals surface area contributed by atoms with E-state index < -0.39 is 10.0 Å². The number of thiophene rings is 1. The van der Waals surface area contributed by atoms with Gasteiger partial charge in [0.15, 0.2) is 0 Å². The van der Waals surface area contributed by atoms with Crippen LogP contribution in [0.4, 0.5) is 5.69 Å². The van der Waals surface area contributed by atoms with E-state index in [1.807, 2.05) is 6.07 Å². The summed E-state index contributed by atoms with van der Waals surface area (Å²) in [7, 11) is -3.49. The predicted molar refractivity (Wildman–Crippen MR) is 119 cm³/mol. The van der Waals surface area contributed by atoms with Gasteiger partial charge in [0.1, 0.15) is 4.21 Å². The highest BCUT2D eigenvalue weighted by Crippen LogP contribution is 2.31. The van der Waals surface area contributed by atoms with Gasteiger partial charge in [-0.2, -0.15) is 4.31 Å². The molecule has 0 spiro atoms. The lowest BCUT2D eigenvalue weighted by Crippen LogP contribution is -2.52. The van der Waals surface area contributed by atoms with Crippen molar-refractivity contribution in [3.63, 3.8) is 0 Å². The largest absolute Gasteiger partial charge is 0.340 e. The minimum atomic E-state index is -3.49. The number of piperazine rings is 1. The second-order valence-electron chi connectivity index (χ2n) is 8.37. The zero-order valence-electron chi connectivity index (χ0n) is 17.2. The van der Waals surface area contributed by atoms with E-state index in [2.05, 4.69) is 12.1 Å². The number of anilines is 1. The van der Waals surface area contributed by atoms with Crippen LogP contribution >= 0.6 is 11.3 Å². The smallest absolute Gasteiger partial charge is 0.252 e. The van der Waals surface area contributed by atoms with Crippen LogP contribution in [0.2, 0.25) is 0 Å². The average Bonchev–Trinajstić information content (AvgIpc) is 3.53. The third-order valence-corrected chi connectivity index (χ3v) is 9.78. The Morgan fingerprint density at radius 1 is 1.03 bits per heavy atom. The van der Waals surface area contributed by atoms with Crippen LogP contribution in [-0.2, 0) is 32.5 Å². The minimum Gasteiger partial charge on any atom is -0.340 e. The van der Waals surface area contributed by atoms with E-state index in [1.54, 1.807) is 27.3 Å². The Labute approximate surface area is 186 Å². The van der Waals surface area contributed by atoms with Crippen LogP contribution in [0, 0.1) is 5.92 Å². The molecule has 1 atom stereocenters. The number of hydrogen-bond acceptors (Lipinski definition) is 5. The molecule has 1 unspecified atom stereocenters. The van der Waals surface area contributed by atoms with Gasteiger partial charge in [0.2, 0.25) is 11.8 Å². The maximum absolute atomic E-state index is 13.1. The zero-order valence-corrected chi connectivity index (χ0v) is 18.8. The molecule has 0 radical (unpaired) electrons. The molecule has 2 aromatic rings. The summed E-state index contributed by atoms with van der Waals surface area (Å²) in [4.78, 5) is 29.2. The molecule has 2 saturated heterocycles. The van der Waals surface area contributed by atoms with Crippen LogP contribution in [0.3, 0.4) is 0 Å². The number of benzene rings is 1. The van der Waals surface area contributed by atoms with Crippen molar-refractivity contribution in [2.75, 3.05) is 37.6 Å². The zero-order chi connectivity index (χ0) is 21.6. The first-order chi connectivity index (χ1) is 14.9. The number of fused-ring (bicyclic) bond motifs is 1. The Kier molecular flexibility index (Phi) is 5.35. The molecule has 1 aromatic carbocycles. The van der Waals surface area contributed by atoms with Crippen LogP contribution in [0.1, 0.15) is 24.0 Å². The third kappa shape index (κ3) is 3.79. The molecule has 1 aromatic heterocycles. The lowest BCUT2D eigenvalue weighted by molar-refractivity contribution is -0.136. The lowest BCUT2D eigenvalue weighted by Gasteiger charge is -2.34. The Morgan fingerprint density at radius 2 is 1.81 bits per heavy atom. The third-order valence-electron chi connectivity index (χ3n) is 6.51. The van der Waals surface area contributed by atoms with Gasteiger partial charge in [-0.05, 0) is 54.0 Å². The SMILES string of the molecule is O=C(C1CC(=O)N(c2ccc3c(c2)CCC3)C1)N1CCN(S(=O)(=O)c2cccs2)CC1. The van der Waals surface area contributed by atoms with Gasteiger partial charge in [-0.3, -0.25) is 9.59 Å². The van der Waals surface area contributed by atoms with Crippen molar-refractivity contribution in [2.45, 2.75) is 29.9 Å². The summed E-state index contributed by atoms with van der Waals surface area (Å²) < 4.78 is 27.1. The quantitative estimate of drug-likeness (QED) is 0.702. The predicted octanol–water partition coefficient (Wildman–Crippen LogP) is 2.12. The molecule has 31 heavy (non-hydrogen) atoms. The van der Waals surface area contributed by atoms with Crippen molar-refractivity contribution in [3.05, 3.63) is 46.8 Å². The van der Waals surface area contributed by atoms with Gasteiger partial charge in [0.05, 0.1) is 5.92 Å². The van der Waals surface area contributed by atoms with E-state index in [0.29, 0.717) is 23.8 Å². The number of carbonyl (C=O) groups excluding carboxylic acids is 2. The highest BCUT2D eigenvalue weighted by Gasteiger charge is 2.39. The molecule has 2 fully saturated rings. The molecule has 3 heterocycles. The number of amides is 2. The van der Waals surface area contributed by atoms with E-state index in [0.717, 1.165) is 24.9 Å². The van der Waals surface area contributed by atoms with Crippen LogP contribution < -0.4 is 4.90 Å². The number of rotatable bonds is 4. The summed E-state index contributed by atoms with van der Waals surface area (Å²) in [5, 5.41) is 1.75. The summed E-state index contributed by atoms with van der Waals surface area (Å²) in [6, 6.07) is 9.52. The van der Waals surface area contributed by atoms with Crippen LogP contribution in [0.5, 0.6) is 0 Å². The monoisotopic (exact) mass is 459 g/mol. The Bertz CT molecular complexity index is 1110. The van der Waals surface area contributed by atoms with E-state index in [-0.39, 0.29) is 37.2 Å². The lowest BCUT2D eigenvalue weighted by atomic mass is 10.1. The van der Waals surface area contributed by atoms with Crippen LogP contribution in [0.15, 0.2) is 39.9 Å². The van der Waals surface area contributed by atoms with Gasteiger partial charge in [0.25, 0.3) is 10.0 Å². The summed E-state index contributed by atoms with van der Waals surface area (Å²) in [6.45, 7) is 1.66. The maximum atomic E-state index is 13.1. The Hall–Kier alpha value is -2.23. The molecule has 5 rings (SSSR count). The van der Waals surface area contributed by atoms with Gasteiger partial charge < -0.3 is 9.80 Å².